The van der Waals surface area contributed by atoms with Crippen molar-refractivity contribution in [2.75, 3.05) is 24.0 Å². The molecule has 1 aromatic rings. The number of nitrogens with zero attached hydrogens (tertiary/aromatic N) is 3. The molecule has 1 aliphatic rings. The maximum Gasteiger partial charge on any atom is 0.242 e. The van der Waals surface area contributed by atoms with Crippen molar-refractivity contribution >= 4 is 11.5 Å². The van der Waals surface area contributed by atoms with Gasteiger partial charge in [0, 0.05) is 6.04 Å². The van der Waals surface area contributed by atoms with Crippen LogP contribution in [0.2, 0.25) is 0 Å². The third kappa shape index (κ3) is 2.18. The predicted molar refractivity (Wildman–Crippen MR) is 66.0 cm³/mol. The Bertz CT molecular complexity index is 341. The first-order chi connectivity index (χ1) is 7.74. The number of hydrogen-bond donors (Lipinski definition) is 1. The second kappa shape index (κ2) is 5.53. The van der Waals surface area contributed by atoms with Crippen LogP contribution in [0.5, 0.6) is 5.88 Å². The van der Waals surface area contributed by atoms with E-state index in [0.717, 1.165) is 18.2 Å². The number of methoxy groups -OCH3 is 1. The van der Waals surface area contributed by atoms with E-state index in [1.165, 1.54) is 6.33 Å². The molecule has 5 heteroatoms. The van der Waals surface area contributed by atoms with E-state index in [1.807, 2.05) is 13.8 Å². The van der Waals surface area contributed by atoms with Gasteiger partial charge < -0.3 is 15.0 Å². The average Bonchev–Trinajstić information content (AvgIpc) is 2.75. The van der Waals surface area contributed by atoms with Crippen molar-refractivity contribution in [3.05, 3.63) is 6.33 Å². The molecular formula is C11H20N4O. The lowest BCUT2D eigenvalue weighted by molar-refractivity contribution is 0.399. The Morgan fingerprint density at radius 3 is 2.62 bits per heavy atom. The lowest BCUT2D eigenvalue weighted by atomic mass is 10.3. The molecule has 0 saturated carbocycles. The van der Waals surface area contributed by atoms with E-state index in [4.69, 9.17) is 4.74 Å². The summed E-state index contributed by atoms with van der Waals surface area (Å²) in [6.45, 7) is 9.03. The molecule has 1 N–H and O–H groups in total. The fourth-order valence-electron chi connectivity index (χ4n) is 1.55. The molecule has 16 heavy (non-hydrogen) atoms. The molecule has 0 amide bonds. The number of fused-ring (bicyclic) bond motifs is 1. The van der Waals surface area contributed by atoms with Crippen LogP contribution in [0.1, 0.15) is 27.7 Å². The summed E-state index contributed by atoms with van der Waals surface area (Å²) >= 11 is 0. The lowest BCUT2D eigenvalue weighted by Crippen LogP contribution is -2.30. The summed E-state index contributed by atoms with van der Waals surface area (Å²) in [5.41, 5.74) is 0.892. The first-order valence-corrected chi connectivity index (χ1v) is 5.63. The minimum Gasteiger partial charge on any atom is -0.479 e. The molecule has 0 atom stereocenters. The van der Waals surface area contributed by atoms with E-state index in [0.29, 0.717) is 11.9 Å². The Hall–Kier alpha value is -1.52. The molecule has 2 rings (SSSR count). The van der Waals surface area contributed by atoms with E-state index in [1.54, 1.807) is 7.11 Å². The predicted octanol–water partition coefficient (Wildman–Crippen LogP) is 2.11. The fourth-order valence-corrected chi connectivity index (χ4v) is 1.55. The van der Waals surface area contributed by atoms with E-state index in [-0.39, 0.29) is 0 Å². The Morgan fingerprint density at radius 1 is 1.38 bits per heavy atom. The van der Waals surface area contributed by atoms with Crippen LogP contribution >= 0.6 is 0 Å². The number of hydrogen-bond acceptors (Lipinski definition) is 5. The highest BCUT2D eigenvalue weighted by Crippen LogP contribution is 2.35. The van der Waals surface area contributed by atoms with Gasteiger partial charge >= 0.3 is 0 Å². The quantitative estimate of drug-likeness (QED) is 0.833. The highest BCUT2D eigenvalue weighted by molar-refractivity contribution is 5.75. The van der Waals surface area contributed by atoms with E-state index >= 15 is 0 Å². The van der Waals surface area contributed by atoms with Crippen LogP contribution in [0.4, 0.5) is 11.5 Å². The second-order valence-electron chi connectivity index (χ2n) is 3.48. The van der Waals surface area contributed by atoms with Crippen LogP contribution in [0.3, 0.4) is 0 Å². The van der Waals surface area contributed by atoms with Gasteiger partial charge in [0.25, 0.3) is 0 Å². The second-order valence-corrected chi connectivity index (χ2v) is 3.48. The van der Waals surface area contributed by atoms with E-state index in [9.17, 15) is 0 Å². The first kappa shape index (κ1) is 12.5. The van der Waals surface area contributed by atoms with Crippen molar-refractivity contribution in [2.24, 2.45) is 0 Å². The highest BCUT2D eigenvalue weighted by atomic mass is 16.5. The van der Waals surface area contributed by atoms with Gasteiger partial charge in [0.05, 0.1) is 13.8 Å². The summed E-state index contributed by atoms with van der Waals surface area (Å²) in [5.74, 6) is 1.53. The van der Waals surface area contributed by atoms with Gasteiger partial charge in [0.2, 0.25) is 5.88 Å². The van der Waals surface area contributed by atoms with Crippen LogP contribution in [-0.2, 0) is 0 Å². The molecule has 0 fully saturated rings. The molecule has 5 nitrogen and oxygen atoms in total. The molecule has 90 valence electrons. The largest absolute Gasteiger partial charge is 0.479 e. The molecule has 0 unspecified atom stereocenters. The standard InChI is InChI=1S/C9H14N4O.C2H6/c1-6(2)13-5-12-7-8(13)10-4-11-9(7)14-3;1-2/h4,6,12H,5H2,1-3H3;1-2H3. The number of anilines is 2. The SMILES string of the molecule is CC.COc1ncnc2c1NCN2C(C)C. The van der Waals surface area contributed by atoms with Crippen molar-refractivity contribution in [1.82, 2.24) is 9.97 Å². The Morgan fingerprint density at radius 2 is 2.06 bits per heavy atom. The fraction of sp³-hybridized carbons (Fsp3) is 0.636. The van der Waals surface area contributed by atoms with Gasteiger partial charge in [0.15, 0.2) is 5.82 Å². The minimum atomic E-state index is 0.420. The summed E-state index contributed by atoms with van der Waals surface area (Å²) in [4.78, 5) is 10.4. The summed E-state index contributed by atoms with van der Waals surface area (Å²) in [6, 6.07) is 0.420. The number of aromatic nitrogens is 2. The minimum absolute atomic E-state index is 0.420. The van der Waals surface area contributed by atoms with Gasteiger partial charge in [-0.25, -0.2) is 4.98 Å². The lowest BCUT2D eigenvalue weighted by Gasteiger charge is -2.20. The van der Waals surface area contributed by atoms with Gasteiger partial charge in [-0.1, -0.05) is 13.8 Å². The average molecular weight is 224 g/mol. The molecular weight excluding hydrogens is 204 g/mol. The molecule has 1 aromatic heterocycles. The third-order valence-electron chi connectivity index (χ3n) is 2.31. The van der Waals surface area contributed by atoms with Crippen molar-refractivity contribution in [3.8, 4) is 5.88 Å². The molecule has 0 aliphatic carbocycles. The normalized spacial score (nSPS) is 12.8. The number of rotatable bonds is 2. The maximum atomic E-state index is 5.14. The van der Waals surface area contributed by atoms with Crippen molar-refractivity contribution in [3.63, 3.8) is 0 Å². The van der Waals surface area contributed by atoms with E-state index < -0.39 is 0 Å². The third-order valence-corrected chi connectivity index (χ3v) is 2.31. The van der Waals surface area contributed by atoms with Gasteiger partial charge in [-0.15, -0.1) is 0 Å². The molecule has 0 radical (unpaired) electrons. The maximum absolute atomic E-state index is 5.14. The summed E-state index contributed by atoms with van der Waals surface area (Å²) in [5, 5.41) is 3.23. The van der Waals surface area contributed by atoms with Crippen LogP contribution < -0.4 is 15.0 Å². The Labute approximate surface area is 96.8 Å². The Kier molecular flexibility index (Phi) is 4.34. The summed E-state index contributed by atoms with van der Waals surface area (Å²) < 4.78 is 5.14. The highest BCUT2D eigenvalue weighted by Gasteiger charge is 2.25. The molecule has 0 saturated heterocycles. The van der Waals surface area contributed by atoms with Crippen molar-refractivity contribution < 1.29 is 4.74 Å². The monoisotopic (exact) mass is 224 g/mol. The molecule has 2 heterocycles. The Balaban J connectivity index is 0.000000606. The van der Waals surface area contributed by atoms with E-state index in [2.05, 4.69) is 34.0 Å². The molecule has 0 spiro atoms. The van der Waals surface area contributed by atoms with Gasteiger partial charge in [0.1, 0.15) is 12.0 Å². The van der Waals surface area contributed by atoms with Gasteiger partial charge in [-0.2, -0.15) is 4.98 Å². The van der Waals surface area contributed by atoms with Crippen LogP contribution in [0.25, 0.3) is 0 Å². The topological polar surface area (TPSA) is 50.3 Å². The zero-order valence-corrected chi connectivity index (χ0v) is 10.6. The molecule has 0 bridgehead atoms. The zero-order chi connectivity index (χ0) is 12.1. The number of ether oxygens (including phenoxy) is 1. The molecule has 0 aromatic carbocycles. The first-order valence-electron chi connectivity index (χ1n) is 5.63. The van der Waals surface area contributed by atoms with Gasteiger partial charge in [-0.05, 0) is 13.8 Å². The van der Waals surface area contributed by atoms with Crippen LogP contribution in [0.15, 0.2) is 6.33 Å². The van der Waals surface area contributed by atoms with Crippen molar-refractivity contribution in [2.45, 2.75) is 33.7 Å². The smallest absolute Gasteiger partial charge is 0.242 e. The van der Waals surface area contributed by atoms with Crippen LogP contribution in [0, 0.1) is 0 Å². The summed E-state index contributed by atoms with van der Waals surface area (Å²) in [7, 11) is 1.61. The van der Waals surface area contributed by atoms with Crippen molar-refractivity contribution in [1.29, 1.82) is 0 Å². The van der Waals surface area contributed by atoms with Gasteiger partial charge in [-0.3, -0.25) is 0 Å². The van der Waals surface area contributed by atoms with Crippen LogP contribution in [-0.4, -0.2) is 29.8 Å². The molecule has 1 aliphatic heterocycles. The summed E-state index contributed by atoms with van der Waals surface area (Å²) in [6.07, 6.45) is 1.53. The number of nitrogens with one attached hydrogen (secondary N) is 1. The zero-order valence-electron chi connectivity index (χ0n) is 10.6.